The number of benzene rings is 1. The highest BCUT2D eigenvalue weighted by molar-refractivity contribution is 6.10. The topological polar surface area (TPSA) is 3.01 Å². The van der Waals surface area contributed by atoms with Gasteiger partial charge in [0.1, 0.15) is 14.1 Å². The van der Waals surface area contributed by atoms with Gasteiger partial charge in [-0.1, -0.05) is 34.9 Å². The molecule has 0 aromatic heterocycles. The fraction of sp³-hybridized carbons (Fsp3) is 0.450. The molecule has 1 nitrogen and oxygen atoms in total. The summed E-state index contributed by atoms with van der Waals surface area (Å²) in [5.74, 6) is 0.849. The number of hydrogen-bond acceptors (Lipinski definition) is 0. The molecular formula is C20H26N+. The summed E-state index contributed by atoms with van der Waals surface area (Å²) in [6.45, 7) is 4.61. The molecule has 2 aliphatic carbocycles. The van der Waals surface area contributed by atoms with Crippen molar-refractivity contribution in [3.63, 3.8) is 0 Å². The van der Waals surface area contributed by atoms with Gasteiger partial charge in [-0.15, -0.1) is 0 Å². The molecule has 2 aliphatic rings. The smallest absolute Gasteiger partial charge is 0.210 e. The van der Waals surface area contributed by atoms with Crippen molar-refractivity contribution in [1.29, 1.82) is 0 Å². The van der Waals surface area contributed by atoms with Crippen LogP contribution in [0, 0.1) is 5.92 Å². The lowest BCUT2D eigenvalue weighted by molar-refractivity contribution is -0.463. The van der Waals surface area contributed by atoms with Gasteiger partial charge in [-0.3, -0.25) is 0 Å². The lowest BCUT2D eigenvalue weighted by Crippen LogP contribution is -2.21. The first-order valence-electron chi connectivity index (χ1n) is 8.05. The predicted octanol–water partition coefficient (Wildman–Crippen LogP) is 4.58. The highest BCUT2D eigenvalue weighted by atomic mass is 14.9. The summed E-state index contributed by atoms with van der Waals surface area (Å²) in [6.07, 6.45) is 5.09. The van der Waals surface area contributed by atoms with E-state index in [0.717, 1.165) is 12.3 Å². The summed E-state index contributed by atoms with van der Waals surface area (Å²) in [6, 6.07) is 10.9. The van der Waals surface area contributed by atoms with Gasteiger partial charge < -0.3 is 0 Å². The monoisotopic (exact) mass is 280 g/mol. The van der Waals surface area contributed by atoms with Crippen LogP contribution in [0.5, 0.6) is 0 Å². The van der Waals surface area contributed by atoms with E-state index in [1.165, 1.54) is 30.5 Å². The second-order valence-electron chi connectivity index (χ2n) is 6.80. The number of rotatable bonds is 3. The molecule has 1 saturated carbocycles. The van der Waals surface area contributed by atoms with E-state index >= 15 is 0 Å². The van der Waals surface area contributed by atoms with E-state index in [-0.39, 0.29) is 0 Å². The predicted molar refractivity (Wildman–Crippen MR) is 90.0 cm³/mol. The molecule has 0 aliphatic heterocycles. The zero-order chi connectivity index (χ0) is 15.0. The van der Waals surface area contributed by atoms with E-state index in [9.17, 15) is 0 Å². The molecule has 3 rings (SSSR count). The van der Waals surface area contributed by atoms with Crippen molar-refractivity contribution >= 4 is 5.71 Å². The van der Waals surface area contributed by atoms with Crippen molar-refractivity contribution < 1.29 is 4.58 Å². The molecule has 0 unspecified atom stereocenters. The third-order valence-electron chi connectivity index (χ3n) is 4.86. The molecule has 0 heterocycles. The van der Waals surface area contributed by atoms with Crippen molar-refractivity contribution in [2.45, 2.75) is 39.5 Å². The van der Waals surface area contributed by atoms with Gasteiger partial charge in [0.15, 0.2) is 0 Å². The normalized spacial score (nSPS) is 19.0. The molecule has 0 atom stereocenters. The third-order valence-corrected chi connectivity index (χ3v) is 4.86. The molecule has 1 aromatic carbocycles. The van der Waals surface area contributed by atoms with Crippen LogP contribution in [0.2, 0.25) is 0 Å². The lowest BCUT2D eigenvalue weighted by atomic mass is 9.81. The highest BCUT2D eigenvalue weighted by Crippen LogP contribution is 2.45. The fourth-order valence-corrected chi connectivity index (χ4v) is 3.43. The maximum Gasteiger partial charge on any atom is 0.210 e. The van der Waals surface area contributed by atoms with Gasteiger partial charge in [-0.05, 0) is 57.6 Å². The first-order chi connectivity index (χ1) is 10.1. The average molecular weight is 280 g/mol. The Bertz CT molecular complexity index is 636. The van der Waals surface area contributed by atoms with Gasteiger partial charge in [0.05, 0.1) is 0 Å². The van der Waals surface area contributed by atoms with Gasteiger partial charge in [-0.25, -0.2) is 4.58 Å². The van der Waals surface area contributed by atoms with Crippen LogP contribution in [0.4, 0.5) is 0 Å². The molecule has 0 radical (unpaired) electrons. The highest BCUT2D eigenvalue weighted by Gasteiger charge is 2.34. The summed E-state index contributed by atoms with van der Waals surface area (Å²) in [7, 11) is 4.36. The van der Waals surface area contributed by atoms with Crippen molar-refractivity contribution in [2.75, 3.05) is 14.1 Å². The van der Waals surface area contributed by atoms with Gasteiger partial charge in [0.25, 0.3) is 0 Å². The van der Waals surface area contributed by atoms with Gasteiger partial charge in [-0.2, -0.15) is 0 Å². The summed E-state index contributed by atoms with van der Waals surface area (Å²) >= 11 is 0. The zero-order valence-corrected chi connectivity index (χ0v) is 13.7. The van der Waals surface area contributed by atoms with E-state index in [1.807, 2.05) is 0 Å². The first-order valence-corrected chi connectivity index (χ1v) is 8.05. The van der Waals surface area contributed by atoms with Crippen LogP contribution in [-0.4, -0.2) is 24.4 Å². The van der Waals surface area contributed by atoms with Gasteiger partial charge in [0.2, 0.25) is 5.71 Å². The molecular weight excluding hydrogens is 254 g/mol. The van der Waals surface area contributed by atoms with Crippen molar-refractivity contribution in [3.8, 4) is 0 Å². The van der Waals surface area contributed by atoms with Crippen LogP contribution in [0.25, 0.3) is 0 Å². The number of allylic oxidation sites excluding steroid dienone is 4. The minimum atomic E-state index is 0.849. The third kappa shape index (κ3) is 2.88. The minimum Gasteiger partial charge on any atom is -0.235 e. The molecule has 0 N–H and O–H groups in total. The fourth-order valence-electron chi connectivity index (χ4n) is 3.43. The van der Waals surface area contributed by atoms with Crippen LogP contribution in [0.1, 0.15) is 45.1 Å². The molecule has 1 aromatic rings. The molecule has 0 amide bonds. The molecule has 1 heteroatoms. The summed E-state index contributed by atoms with van der Waals surface area (Å²) in [4.78, 5) is 0. The number of nitrogens with zero attached hydrogens (tertiary/aromatic N) is 1. The number of hydrogen-bond donors (Lipinski definition) is 0. The largest absolute Gasteiger partial charge is 0.235 e. The summed E-state index contributed by atoms with van der Waals surface area (Å²) < 4.78 is 2.31. The average Bonchev–Trinajstić information content (AvgIpc) is 3.28. The van der Waals surface area contributed by atoms with Crippen LogP contribution in [-0.2, 0) is 0 Å². The lowest BCUT2D eigenvalue weighted by Gasteiger charge is -2.23. The van der Waals surface area contributed by atoms with Crippen molar-refractivity contribution in [1.82, 2.24) is 0 Å². The molecule has 0 bridgehead atoms. The Hall–Kier alpha value is -1.63. The molecule has 0 spiro atoms. The second-order valence-corrected chi connectivity index (χ2v) is 6.80. The Morgan fingerprint density at radius 1 is 0.952 bits per heavy atom. The van der Waals surface area contributed by atoms with Crippen LogP contribution in [0.3, 0.4) is 0 Å². The van der Waals surface area contributed by atoms with Crippen molar-refractivity contribution in [3.05, 3.63) is 58.2 Å². The maximum absolute atomic E-state index is 2.31. The van der Waals surface area contributed by atoms with Crippen LogP contribution in [0.15, 0.2) is 52.6 Å². The Labute approximate surface area is 128 Å². The van der Waals surface area contributed by atoms with E-state index in [2.05, 4.69) is 62.9 Å². The molecule has 110 valence electrons. The van der Waals surface area contributed by atoms with E-state index in [4.69, 9.17) is 0 Å². The SMILES string of the molecule is CC1=C(C)CC(C2CC2)=C(C(c2ccccc2)=[N+](C)C)C1. The molecule has 1 fully saturated rings. The Balaban J connectivity index is 2.10. The van der Waals surface area contributed by atoms with E-state index in [0.29, 0.717) is 0 Å². The molecule has 21 heavy (non-hydrogen) atoms. The summed E-state index contributed by atoms with van der Waals surface area (Å²) in [5.41, 5.74) is 9.23. The second kappa shape index (κ2) is 5.63. The summed E-state index contributed by atoms with van der Waals surface area (Å²) in [5, 5.41) is 0. The van der Waals surface area contributed by atoms with Crippen LogP contribution < -0.4 is 0 Å². The first kappa shape index (κ1) is 14.3. The zero-order valence-electron chi connectivity index (χ0n) is 13.7. The standard InChI is InChI=1S/C20H26N/c1-14-12-18(16-10-11-16)19(13-15(14)2)20(21(3)4)17-8-6-5-7-9-17/h5-9,16H,10-13H2,1-4H3/q+1. The Morgan fingerprint density at radius 3 is 2.14 bits per heavy atom. The van der Waals surface area contributed by atoms with Gasteiger partial charge >= 0.3 is 0 Å². The quantitative estimate of drug-likeness (QED) is 0.433. The van der Waals surface area contributed by atoms with E-state index in [1.54, 1.807) is 22.3 Å². The minimum absolute atomic E-state index is 0.849. The van der Waals surface area contributed by atoms with Crippen molar-refractivity contribution in [2.24, 2.45) is 5.92 Å². The molecule has 0 saturated heterocycles. The van der Waals surface area contributed by atoms with Crippen LogP contribution >= 0.6 is 0 Å². The Kier molecular flexibility index (Phi) is 3.84. The van der Waals surface area contributed by atoms with E-state index < -0.39 is 0 Å². The maximum atomic E-state index is 2.31. The van der Waals surface area contributed by atoms with Gasteiger partial charge in [0, 0.05) is 11.1 Å². The Morgan fingerprint density at radius 2 is 1.57 bits per heavy atom.